The number of piperidine rings is 1. The monoisotopic (exact) mass is 204 g/mol. The quantitative estimate of drug-likeness (QED) is 0.737. The van der Waals surface area contributed by atoms with Crippen LogP contribution in [0.3, 0.4) is 0 Å². The van der Waals surface area contributed by atoms with Crippen molar-refractivity contribution >= 4 is 11.6 Å². The third-order valence-corrected chi connectivity index (χ3v) is 3.04. The number of Topliss-reactive ketones (excluding diaryl/α,β-unsaturated/α-hetero) is 1. The zero-order chi connectivity index (χ0) is 10.7. The van der Waals surface area contributed by atoms with Crippen LogP contribution in [0.2, 0.25) is 0 Å². The number of hydrogen-bond acceptors (Lipinski definition) is 3. The summed E-state index contributed by atoms with van der Waals surface area (Å²) in [5.41, 5.74) is 0. The molecule has 1 fully saturated rings. The van der Waals surface area contributed by atoms with E-state index in [-0.39, 0.29) is 5.92 Å². The van der Waals surface area contributed by atoms with Crippen LogP contribution in [0, 0.1) is 5.92 Å². The van der Waals surface area contributed by atoms with Crippen molar-refractivity contribution in [1.82, 2.24) is 4.98 Å². The lowest BCUT2D eigenvalue weighted by molar-refractivity contribution is -0.121. The Balaban J connectivity index is 1.97. The molecule has 80 valence electrons. The van der Waals surface area contributed by atoms with Gasteiger partial charge in [-0.2, -0.15) is 0 Å². The number of rotatable bonds is 2. The second-order valence-corrected chi connectivity index (χ2v) is 4.06. The van der Waals surface area contributed by atoms with Crippen LogP contribution >= 0.6 is 0 Å². The van der Waals surface area contributed by atoms with Crippen LogP contribution in [0.4, 0.5) is 5.82 Å². The number of ketones is 1. The van der Waals surface area contributed by atoms with Crippen molar-refractivity contribution in [3.63, 3.8) is 0 Å². The Hall–Kier alpha value is -1.38. The fourth-order valence-corrected chi connectivity index (χ4v) is 2.06. The van der Waals surface area contributed by atoms with E-state index in [2.05, 4.69) is 9.88 Å². The minimum atomic E-state index is 0.268. The van der Waals surface area contributed by atoms with Gasteiger partial charge in [-0.15, -0.1) is 0 Å². The van der Waals surface area contributed by atoms with E-state index in [4.69, 9.17) is 0 Å². The maximum absolute atomic E-state index is 11.2. The highest BCUT2D eigenvalue weighted by molar-refractivity contribution is 5.78. The first-order chi connectivity index (χ1) is 7.27. The van der Waals surface area contributed by atoms with Gasteiger partial charge in [0, 0.05) is 25.2 Å². The summed E-state index contributed by atoms with van der Waals surface area (Å²) in [6.45, 7) is 3.59. The molecule has 1 aromatic heterocycles. The maximum atomic E-state index is 11.2. The van der Waals surface area contributed by atoms with Crippen LogP contribution in [0.25, 0.3) is 0 Å². The fourth-order valence-electron chi connectivity index (χ4n) is 2.06. The minimum absolute atomic E-state index is 0.268. The summed E-state index contributed by atoms with van der Waals surface area (Å²) < 4.78 is 0. The van der Waals surface area contributed by atoms with Crippen LogP contribution in [0.15, 0.2) is 24.4 Å². The second kappa shape index (κ2) is 4.43. The first kappa shape index (κ1) is 10.1. The zero-order valence-corrected chi connectivity index (χ0v) is 9.02. The van der Waals surface area contributed by atoms with Crippen molar-refractivity contribution in [2.24, 2.45) is 5.92 Å². The fraction of sp³-hybridized carbons (Fsp3) is 0.500. The van der Waals surface area contributed by atoms with E-state index in [1.165, 1.54) is 0 Å². The molecule has 0 bridgehead atoms. The summed E-state index contributed by atoms with van der Waals surface area (Å²) in [6, 6.07) is 5.94. The van der Waals surface area contributed by atoms with Gasteiger partial charge >= 0.3 is 0 Å². The Morgan fingerprint density at radius 2 is 2.13 bits per heavy atom. The number of pyridine rings is 1. The van der Waals surface area contributed by atoms with Gasteiger partial charge in [0.05, 0.1) is 0 Å². The molecule has 0 unspecified atom stereocenters. The molecule has 15 heavy (non-hydrogen) atoms. The first-order valence-corrected chi connectivity index (χ1v) is 5.44. The molecule has 2 rings (SSSR count). The standard InChI is InChI=1S/C12H16N2O/c1-10(15)11-5-8-14(9-6-11)12-4-2-3-7-13-12/h2-4,7,11H,5-6,8-9H2,1H3. The van der Waals surface area contributed by atoms with E-state index >= 15 is 0 Å². The average molecular weight is 204 g/mol. The summed E-state index contributed by atoms with van der Waals surface area (Å²) in [5.74, 6) is 1.63. The number of hydrogen-bond donors (Lipinski definition) is 0. The van der Waals surface area contributed by atoms with Crippen molar-refractivity contribution in [3.05, 3.63) is 24.4 Å². The predicted molar refractivity (Wildman–Crippen MR) is 59.9 cm³/mol. The molecule has 0 amide bonds. The van der Waals surface area contributed by atoms with Gasteiger partial charge in [0.25, 0.3) is 0 Å². The largest absolute Gasteiger partial charge is 0.357 e. The van der Waals surface area contributed by atoms with Gasteiger partial charge in [-0.25, -0.2) is 4.98 Å². The molecule has 1 aromatic rings. The third kappa shape index (κ3) is 2.35. The van der Waals surface area contributed by atoms with Gasteiger partial charge in [0.15, 0.2) is 0 Å². The van der Waals surface area contributed by atoms with Crippen molar-refractivity contribution < 1.29 is 4.79 Å². The molecule has 2 heterocycles. The number of aromatic nitrogens is 1. The molecule has 0 aromatic carbocycles. The molecular formula is C12H16N2O. The molecule has 0 aliphatic carbocycles. The summed E-state index contributed by atoms with van der Waals surface area (Å²) in [4.78, 5) is 17.8. The van der Waals surface area contributed by atoms with Gasteiger partial charge < -0.3 is 4.90 Å². The molecule has 1 aliphatic rings. The predicted octanol–water partition coefficient (Wildman–Crippen LogP) is 1.89. The lowest BCUT2D eigenvalue weighted by Gasteiger charge is -2.31. The highest BCUT2D eigenvalue weighted by Crippen LogP contribution is 2.21. The highest BCUT2D eigenvalue weighted by atomic mass is 16.1. The third-order valence-electron chi connectivity index (χ3n) is 3.04. The second-order valence-electron chi connectivity index (χ2n) is 4.06. The lowest BCUT2D eigenvalue weighted by Crippen LogP contribution is -2.36. The van der Waals surface area contributed by atoms with E-state index in [0.29, 0.717) is 5.78 Å². The highest BCUT2D eigenvalue weighted by Gasteiger charge is 2.22. The van der Waals surface area contributed by atoms with Crippen LogP contribution in [-0.2, 0) is 4.79 Å². The van der Waals surface area contributed by atoms with Crippen molar-refractivity contribution in [1.29, 1.82) is 0 Å². The maximum Gasteiger partial charge on any atom is 0.133 e. The van der Waals surface area contributed by atoms with E-state index in [1.54, 1.807) is 6.92 Å². The first-order valence-electron chi connectivity index (χ1n) is 5.44. The molecule has 3 nitrogen and oxygen atoms in total. The van der Waals surface area contributed by atoms with Crippen LogP contribution in [-0.4, -0.2) is 23.9 Å². The van der Waals surface area contributed by atoms with Crippen LogP contribution in [0.1, 0.15) is 19.8 Å². The summed E-state index contributed by atoms with van der Waals surface area (Å²) in [6.07, 6.45) is 3.74. The van der Waals surface area contributed by atoms with E-state index in [9.17, 15) is 4.79 Å². The molecule has 0 saturated carbocycles. The van der Waals surface area contributed by atoms with Gasteiger partial charge in [-0.3, -0.25) is 4.79 Å². The Kier molecular flexibility index (Phi) is 2.99. The minimum Gasteiger partial charge on any atom is -0.357 e. The Bertz CT molecular complexity index is 329. The number of carbonyl (C=O) groups excluding carboxylic acids is 1. The Labute approximate surface area is 90.1 Å². The van der Waals surface area contributed by atoms with Gasteiger partial charge in [-0.05, 0) is 31.9 Å². The SMILES string of the molecule is CC(=O)C1CCN(c2ccccn2)CC1. The molecule has 1 aliphatic heterocycles. The molecular weight excluding hydrogens is 188 g/mol. The van der Waals surface area contributed by atoms with Crippen LogP contribution < -0.4 is 4.90 Å². The lowest BCUT2D eigenvalue weighted by atomic mass is 9.93. The zero-order valence-electron chi connectivity index (χ0n) is 9.02. The topological polar surface area (TPSA) is 33.2 Å². The smallest absolute Gasteiger partial charge is 0.133 e. The average Bonchev–Trinajstić information content (AvgIpc) is 2.30. The van der Waals surface area contributed by atoms with E-state index in [1.807, 2.05) is 24.4 Å². The molecule has 0 radical (unpaired) electrons. The summed E-state index contributed by atoms with van der Waals surface area (Å²) >= 11 is 0. The Morgan fingerprint density at radius 1 is 1.40 bits per heavy atom. The molecule has 0 N–H and O–H groups in total. The molecule has 3 heteroatoms. The Morgan fingerprint density at radius 3 is 2.67 bits per heavy atom. The van der Waals surface area contributed by atoms with Crippen molar-refractivity contribution in [2.45, 2.75) is 19.8 Å². The van der Waals surface area contributed by atoms with Crippen molar-refractivity contribution in [3.8, 4) is 0 Å². The number of carbonyl (C=O) groups is 1. The number of anilines is 1. The van der Waals surface area contributed by atoms with Crippen LogP contribution in [0.5, 0.6) is 0 Å². The van der Waals surface area contributed by atoms with Gasteiger partial charge in [-0.1, -0.05) is 6.07 Å². The molecule has 0 spiro atoms. The van der Waals surface area contributed by atoms with Gasteiger partial charge in [0.2, 0.25) is 0 Å². The molecule has 1 saturated heterocycles. The van der Waals surface area contributed by atoms with E-state index in [0.717, 1.165) is 31.7 Å². The molecule has 0 atom stereocenters. The normalized spacial score (nSPS) is 17.8. The van der Waals surface area contributed by atoms with Crippen molar-refractivity contribution in [2.75, 3.05) is 18.0 Å². The summed E-state index contributed by atoms with van der Waals surface area (Å²) in [7, 11) is 0. The van der Waals surface area contributed by atoms with Gasteiger partial charge in [0.1, 0.15) is 11.6 Å². The number of nitrogens with zero attached hydrogens (tertiary/aromatic N) is 2. The van der Waals surface area contributed by atoms with E-state index < -0.39 is 0 Å². The summed E-state index contributed by atoms with van der Waals surface area (Å²) in [5, 5.41) is 0.